The number of fused-ring (bicyclic) bond motifs is 1. The zero-order valence-corrected chi connectivity index (χ0v) is 17.6. The molecule has 0 unspecified atom stereocenters. The Balaban J connectivity index is 1.92. The summed E-state index contributed by atoms with van der Waals surface area (Å²) in [6.45, 7) is 6.10. The van der Waals surface area contributed by atoms with Crippen LogP contribution in [-0.4, -0.2) is 44.1 Å². The molecule has 0 aromatic carbocycles. The average Bonchev–Trinajstić information content (AvgIpc) is 2.97. The van der Waals surface area contributed by atoms with Gasteiger partial charge in [0.25, 0.3) is 11.5 Å². The summed E-state index contributed by atoms with van der Waals surface area (Å²) in [4.78, 5) is 35.1. The van der Waals surface area contributed by atoms with Gasteiger partial charge in [-0.1, -0.05) is 30.0 Å². The molecule has 2 fully saturated rings. The number of anilines is 1. The zero-order chi connectivity index (χ0) is 19.8. The summed E-state index contributed by atoms with van der Waals surface area (Å²) in [6.07, 6.45) is 6.75. The molecule has 2 aromatic heterocycles. The van der Waals surface area contributed by atoms with E-state index in [9.17, 15) is 9.59 Å². The quantitative estimate of drug-likeness (QED) is 0.568. The Labute approximate surface area is 173 Å². The molecule has 2 aliphatic rings. The van der Waals surface area contributed by atoms with Crippen LogP contribution in [0.4, 0.5) is 5.82 Å². The Hall–Kier alpha value is -2.19. The highest BCUT2D eigenvalue weighted by molar-refractivity contribution is 8.26. The molecule has 28 heavy (non-hydrogen) atoms. The van der Waals surface area contributed by atoms with E-state index in [-0.39, 0.29) is 11.5 Å². The molecule has 2 aliphatic heterocycles. The largest absolute Gasteiger partial charge is 0.356 e. The molecular formula is C20H22N4O2S2. The number of likely N-dealkylation sites (N-methyl/N-ethyl adjacent to an activating group) is 1. The van der Waals surface area contributed by atoms with Gasteiger partial charge in [-0.2, -0.15) is 0 Å². The lowest BCUT2D eigenvalue weighted by atomic mass is 10.1. The number of hydrogen-bond acceptors (Lipinski definition) is 6. The van der Waals surface area contributed by atoms with Crippen LogP contribution in [0, 0.1) is 6.92 Å². The van der Waals surface area contributed by atoms with Crippen LogP contribution in [0.15, 0.2) is 28.0 Å². The van der Waals surface area contributed by atoms with Crippen molar-refractivity contribution in [1.29, 1.82) is 0 Å². The summed E-state index contributed by atoms with van der Waals surface area (Å²) < 4.78 is 2.10. The normalized spacial score (nSPS) is 19.3. The molecule has 6 nitrogen and oxygen atoms in total. The van der Waals surface area contributed by atoms with Gasteiger partial charge in [0, 0.05) is 25.8 Å². The number of hydrogen-bond donors (Lipinski definition) is 0. The third-order valence-electron chi connectivity index (χ3n) is 5.19. The fourth-order valence-corrected chi connectivity index (χ4v) is 5.04. The number of pyridine rings is 1. The number of piperidine rings is 1. The Bertz CT molecular complexity index is 1050. The second kappa shape index (κ2) is 7.67. The van der Waals surface area contributed by atoms with Crippen molar-refractivity contribution in [3.8, 4) is 0 Å². The van der Waals surface area contributed by atoms with Gasteiger partial charge in [-0.3, -0.25) is 18.9 Å². The van der Waals surface area contributed by atoms with Gasteiger partial charge in [-0.05, 0) is 50.8 Å². The minimum absolute atomic E-state index is 0.143. The second-order valence-electron chi connectivity index (χ2n) is 7.01. The van der Waals surface area contributed by atoms with E-state index in [4.69, 9.17) is 17.2 Å². The molecular weight excluding hydrogens is 392 g/mol. The fourth-order valence-electron chi connectivity index (χ4n) is 3.68. The SMILES string of the molecule is CCN1C(=O)C(=Cc2c(N3CCCCC3)nc3c(C)cccn3c2=O)SC1=S. The third-order valence-corrected chi connectivity index (χ3v) is 6.56. The number of thioether (sulfide) groups is 1. The molecule has 0 bridgehead atoms. The van der Waals surface area contributed by atoms with Gasteiger partial charge in [-0.15, -0.1) is 0 Å². The lowest BCUT2D eigenvalue weighted by Crippen LogP contribution is -2.33. The molecule has 0 radical (unpaired) electrons. The van der Waals surface area contributed by atoms with Gasteiger partial charge in [-0.25, -0.2) is 4.98 Å². The van der Waals surface area contributed by atoms with E-state index in [0.717, 1.165) is 31.5 Å². The number of amides is 1. The first kappa shape index (κ1) is 19.1. The Morgan fingerprint density at radius 2 is 2.00 bits per heavy atom. The minimum atomic E-state index is -0.156. The Morgan fingerprint density at radius 3 is 2.68 bits per heavy atom. The summed E-state index contributed by atoms with van der Waals surface area (Å²) >= 11 is 6.56. The van der Waals surface area contributed by atoms with Gasteiger partial charge in [0.15, 0.2) is 0 Å². The first-order valence-electron chi connectivity index (χ1n) is 9.53. The minimum Gasteiger partial charge on any atom is -0.356 e. The van der Waals surface area contributed by atoms with Gasteiger partial charge >= 0.3 is 0 Å². The van der Waals surface area contributed by atoms with Gasteiger partial charge in [0.1, 0.15) is 15.8 Å². The van der Waals surface area contributed by atoms with Crippen LogP contribution in [0.1, 0.15) is 37.3 Å². The summed E-state index contributed by atoms with van der Waals surface area (Å²) in [6, 6.07) is 3.79. The zero-order valence-electron chi connectivity index (χ0n) is 16.0. The number of nitrogens with zero attached hydrogens (tertiary/aromatic N) is 4. The summed E-state index contributed by atoms with van der Waals surface area (Å²) in [5, 5.41) is 0. The summed E-state index contributed by atoms with van der Waals surface area (Å²) in [7, 11) is 0. The van der Waals surface area contributed by atoms with E-state index in [2.05, 4.69) is 4.90 Å². The molecule has 2 saturated heterocycles. The maximum absolute atomic E-state index is 13.4. The van der Waals surface area contributed by atoms with Gasteiger partial charge < -0.3 is 4.90 Å². The van der Waals surface area contributed by atoms with Crippen molar-refractivity contribution in [2.45, 2.75) is 33.1 Å². The number of carbonyl (C=O) groups is 1. The molecule has 8 heteroatoms. The molecule has 0 aliphatic carbocycles. The number of aryl methyl sites for hydroxylation is 1. The van der Waals surface area contributed by atoms with Crippen molar-refractivity contribution in [2.75, 3.05) is 24.5 Å². The van der Waals surface area contributed by atoms with Crippen molar-refractivity contribution in [3.05, 3.63) is 44.7 Å². The van der Waals surface area contributed by atoms with Crippen LogP contribution in [-0.2, 0) is 4.79 Å². The highest BCUT2D eigenvalue weighted by Gasteiger charge is 2.32. The molecule has 0 spiro atoms. The smallest absolute Gasteiger partial charge is 0.267 e. The van der Waals surface area contributed by atoms with Crippen LogP contribution < -0.4 is 10.5 Å². The maximum atomic E-state index is 13.4. The van der Waals surface area contributed by atoms with E-state index >= 15 is 0 Å². The number of carbonyl (C=O) groups excluding carboxylic acids is 1. The van der Waals surface area contributed by atoms with Crippen LogP contribution >= 0.6 is 24.0 Å². The molecule has 1 amide bonds. The lowest BCUT2D eigenvalue weighted by molar-refractivity contribution is -0.121. The van der Waals surface area contributed by atoms with E-state index in [0.29, 0.717) is 32.8 Å². The predicted molar refractivity (Wildman–Crippen MR) is 118 cm³/mol. The van der Waals surface area contributed by atoms with Crippen LogP contribution in [0.25, 0.3) is 11.7 Å². The molecule has 0 saturated carbocycles. The second-order valence-corrected chi connectivity index (χ2v) is 8.69. The van der Waals surface area contributed by atoms with Crippen molar-refractivity contribution >= 4 is 51.7 Å². The van der Waals surface area contributed by atoms with Crippen LogP contribution in [0.3, 0.4) is 0 Å². The fraction of sp³-hybridized carbons (Fsp3) is 0.400. The van der Waals surface area contributed by atoms with Crippen molar-refractivity contribution in [2.24, 2.45) is 0 Å². The van der Waals surface area contributed by atoms with Crippen molar-refractivity contribution in [1.82, 2.24) is 14.3 Å². The van der Waals surface area contributed by atoms with Crippen molar-refractivity contribution < 1.29 is 4.79 Å². The van der Waals surface area contributed by atoms with Gasteiger partial charge in [0.2, 0.25) is 0 Å². The van der Waals surface area contributed by atoms with Crippen LogP contribution in [0.5, 0.6) is 0 Å². The molecule has 146 valence electrons. The van der Waals surface area contributed by atoms with E-state index < -0.39 is 0 Å². The number of rotatable bonds is 3. The molecule has 0 N–H and O–H groups in total. The highest BCUT2D eigenvalue weighted by Crippen LogP contribution is 2.33. The number of thiocarbonyl (C=S) groups is 1. The predicted octanol–water partition coefficient (Wildman–Crippen LogP) is 3.21. The first-order valence-corrected chi connectivity index (χ1v) is 10.8. The average molecular weight is 415 g/mol. The molecule has 4 heterocycles. The van der Waals surface area contributed by atoms with E-state index in [1.165, 1.54) is 18.2 Å². The summed E-state index contributed by atoms with van der Waals surface area (Å²) in [5.41, 5.74) is 1.91. The number of aromatic nitrogens is 2. The monoisotopic (exact) mass is 414 g/mol. The highest BCUT2D eigenvalue weighted by atomic mass is 32.2. The van der Waals surface area contributed by atoms with Crippen molar-refractivity contribution in [3.63, 3.8) is 0 Å². The Kier molecular flexibility index (Phi) is 5.25. The Morgan fingerprint density at radius 1 is 1.25 bits per heavy atom. The first-order chi connectivity index (χ1) is 13.5. The standard InChI is InChI=1S/C20H22N4O2S2/c1-3-23-19(26)15(28-20(23)27)12-14-17(22-9-5-4-6-10-22)21-16-13(2)8-7-11-24(16)18(14)25/h7-8,11-12H,3-6,9-10H2,1-2H3. The molecule has 0 atom stereocenters. The van der Waals surface area contributed by atoms with E-state index in [1.54, 1.807) is 21.6 Å². The molecule has 4 rings (SSSR count). The molecule has 2 aromatic rings. The maximum Gasteiger partial charge on any atom is 0.267 e. The van der Waals surface area contributed by atoms with Gasteiger partial charge in [0.05, 0.1) is 10.5 Å². The van der Waals surface area contributed by atoms with E-state index in [1.807, 2.05) is 26.0 Å². The lowest BCUT2D eigenvalue weighted by Gasteiger charge is -2.29. The topological polar surface area (TPSA) is 57.9 Å². The van der Waals surface area contributed by atoms with Crippen LogP contribution in [0.2, 0.25) is 0 Å². The summed E-state index contributed by atoms with van der Waals surface area (Å²) in [5.74, 6) is 0.525. The third kappa shape index (κ3) is 3.24.